The molecule has 0 saturated heterocycles. The lowest BCUT2D eigenvalue weighted by molar-refractivity contribution is -0.122. The third-order valence-electron chi connectivity index (χ3n) is 3.25. The van der Waals surface area contributed by atoms with Crippen molar-refractivity contribution in [2.24, 2.45) is 0 Å². The molecule has 128 valence electrons. The molecule has 1 atom stereocenters. The zero-order valence-corrected chi connectivity index (χ0v) is 15.4. The van der Waals surface area contributed by atoms with Gasteiger partial charge >= 0.3 is 0 Å². The first-order valence-electron chi connectivity index (χ1n) is 7.20. The lowest BCUT2D eigenvalue weighted by Gasteiger charge is -2.18. The summed E-state index contributed by atoms with van der Waals surface area (Å²) in [5.41, 5.74) is 0.378. The summed E-state index contributed by atoms with van der Waals surface area (Å²) >= 11 is 17.9. The highest BCUT2D eigenvalue weighted by Crippen LogP contribution is 2.32. The van der Waals surface area contributed by atoms with Crippen molar-refractivity contribution in [2.45, 2.75) is 19.4 Å². The van der Waals surface area contributed by atoms with Gasteiger partial charge in [0.1, 0.15) is 11.5 Å². The number of rotatable bonds is 6. The van der Waals surface area contributed by atoms with Gasteiger partial charge in [0.25, 0.3) is 5.91 Å². The minimum atomic E-state index is -0.692. The highest BCUT2D eigenvalue weighted by atomic mass is 35.5. The maximum absolute atomic E-state index is 12.4. The van der Waals surface area contributed by atoms with E-state index >= 15 is 0 Å². The second kappa shape index (κ2) is 8.47. The Morgan fingerprint density at radius 2 is 1.75 bits per heavy atom. The number of carbonyl (C=O) groups is 1. The Bertz CT molecular complexity index is 737. The van der Waals surface area contributed by atoms with Gasteiger partial charge in [-0.15, -0.1) is 0 Å². The van der Waals surface area contributed by atoms with Crippen LogP contribution in [0, 0.1) is 0 Å². The Morgan fingerprint density at radius 3 is 2.42 bits per heavy atom. The summed E-state index contributed by atoms with van der Waals surface area (Å²) in [6.45, 7) is 1.85. The third kappa shape index (κ3) is 4.69. The van der Waals surface area contributed by atoms with Crippen molar-refractivity contribution < 1.29 is 14.3 Å². The lowest BCUT2D eigenvalue weighted by Crippen LogP contribution is -2.32. The molecule has 0 saturated carbocycles. The molecule has 0 fully saturated rings. The first-order valence-corrected chi connectivity index (χ1v) is 8.34. The number of methoxy groups -OCH3 is 1. The van der Waals surface area contributed by atoms with Gasteiger partial charge in [0.15, 0.2) is 6.10 Å². The van der Waals surface area contributed by atoms with E-state index in [1.54, 1.807) is 31.4 Å². The summed E-state index contributed by atoms with van der Waals surface area (Å²) < 4.78 is 10.9. The summed E-state index contributed by atoms with van der Waals surface area (Å²) in [5, 5.41) is 3.63. The van der Waals surface area contributed by atoms with Crippen molar-refractivity contribution in [1.82, 2.24) is 0 Å². The maximum Gasteiger partial charge on any atom is 0.265 e. The molecule has 0 aliphatic heterocycles. The Hall–Kier alpha value is -1.62. The van der Waals surface area contributed by atoms with Crippen LogP contribution >= 0.6 is 34.8 Å². The van der Waals surface area contributed by atoms with Crippen LogP contribution < -0.4 is 14.8 Å². The minimum absolute atomic E-state index is 0.300. The zero-order chi connectivity index (χ0) is 17.7. The monoisotopic (exact) mass is 387 g/mol. The van der Waals surface area contributed by atoms with Gasteiger partial charge in [-0.3, -0.25) is 4.79 Å². The molecule has 0 radical (unpaired) electrons. The molecule has 0 bridgehead atoms. The van der Waals surface area contributed by atoms with Gasteiger partial charge < -0.3 is 14.8 Å². The molecule has 0 spiro atoms. The topological polar surface area (TPSA) is 47.6 Å². The molecule has 2 aromatic carbocycles. The smallest absolute Gasteiger partial charge is 0.265 e. The summed E-state index contributed by atoms with van der Waals surface area (Å²) in [4.78, 5) is 12.4. The number of ether oxygens (including phenoxy) is 2. The van der Waals surface area contributed by atoms with E-state index in [9.17, 15) is 4.79 Å². The van der Waals surface area contributed by atoms with Crippen LogP contribution in [-0.4, -0.2) is 19.1 Å². The van der Waals surface area contributed by atoms with E-state index in [1.807, 2.05) is 6.92 Å². The Balaban J connectivity index is 2.12. The van der Waals surface area contributed by atoms with Gasteiger partial charge in [-0.1, -0.05) is 47.8 Å². The van der Waals surface area contributed by atoms with Crippen LogP contribution in [0.25, 0.3) is 0 Å². The van der Waals surface area contributed by atoms with Crippen molar-refractivity contribution in [3.8, 4) is 11.5 Å². The maximum atomic E-state index is 12.4. The first kappa shape index (κ1) is 18.7. The van der Waals surface area contributed by atoms with Gasteiger partial charge in [-0.25, -0.2) is 0 Å². The number of amides is 1. The largest absolute Gasteiger partial charge is 0.497 e. The average molecular weight is 389 g/mol. The highest BCUT2D eigenvalue weighted by molar-refractivity contribution is 6.44. The van der Waals surface area contributed by atoms with Gasteiger partial charge in [-0.05, 0) is 30.7 Å². The molecule has 24 heavy (non-hydrogen) atoms. The summed E-state index contributed by atoms with van der Waals surface area (Å²) in [6, 6.07) is 10.0. The molecule has 0 heterocycles. The Labute approximate surface area is 155 Å². The SMILES string of the molecule is CC[C@H](Oc1cccc(OC)c1)C(=O)Nc1cc(Cl)c(Cl)cc1Cl. The molecule has 1 amide bonds. The molecule has 2 aromatic rings. The number of benzene rings is 2. The highest BCUT2D eigenvalue weighted by Gasteiger charge is 2.20. The van der Waals surface area contributed by atoms with Crippen molar-refractivity contribution in [2.75, 3.05) is 12.4 Å². The van der Waals surface area contributed by atoms with Crippen molar-refractivity contribution in [1.29, 1.82) is 0 Å². The normalized spacial score (nSPS) is 11.7. The predicted molar refractivity (Wildman–Crippen MR) is 97.8 cm³/mol. The van der Waals surface area contributed by atoms with Crippen molar-refractivity contribution in [3.05, 3.63) is 51.5 Å². The first-order chi connectivity index (χ1) is 11.4. The van der Waals surface area contributed by atoms with Crippen molar-refractivity contribution >= 4 is 46.4 Å². The third-order valence-corrected chi connectivity index (χ3v) is 4.29. The van der Waals surface area contributed by atoms with E-state index in [0.717, 1.165) is 0 Å². The van der Waals surface area contributed by atoms with E-state index in [2.05, 4.69) is 5.32 Å². The fourth-order valence-corrected chi connectivity index (χ4v) is 2.59. The van der Waals surface area contributed by atoms with Crippen LogP contribution in [0.2, 0.25) is 15.1 Å². The van der Waals surface area contributed by atoms with E-state index in [0.29, 0.717) is 38.7 Å². The molecule has 0 unspecified atom stereocenters. The predicted octanol–water partition coefficient (Wildman–Crippen LogP) is 5.45. The Kier molecular flexibility index (Phi) is 6.60. The van der Waals surface area contributed by atoms with Crippen LogP contribution in [0.5, 0.6) is 11.5 Å². The fraction of sp³-hybridized carbons (Fsp3) is 0.235. The Morgan fingerprint density at radius 1 is 1.08 bits per heavy atom. The van der Waals surface area contributed by atoms with E-state index in [4.69, 9.17) is 44.3 Å². The number of halogens is 3. The molecule has 0 aliphatic rings. The molecule has 2 rings (SSSR count). The second-order valence-electron chi connectivity index (χ2n) is 4.93. The standard InChI is InChI=1S/C17H16Cl3NO3/c1-3-16(24-11-6-4-5-10(7-11)23-2)17(22)21-15-9-13(19)12(18)8-14(15)20/h4-9,16H,3H2,1-2H3,(H,21,22)/t16-/m0/s1. The fourth-order valence-electron chi connectivity index (χ4n) is 1.99. The molecular formula is C17H16Cl3NO3. The van der Waals surface area contributed by atoms with Gasteiger partial charge in [0.05, 0.1) is 27.9 Å². The van der Waals surface area contributed by atoms with E-state index in [-0.39, 0.29) is 5.91 Å². The molecule has 7 heteroatoms. The quantitative estimate of drug-likeness (QED) is 0.669. The molecule has 0 aliphatic carbocycles. The van der Waals surface area contributed by atoms with Crippen LogP contribution in [0.3, 0.4) is 0 Å². The van der Waals surface area contributed by atoms with Crippen LogP contribution in [-0.2, 0) is 4.79 Å². The average Bonchev–Trinajstić information content (AvgIpc) is 2.57. The van der Waals surface area contributed by atoms with Crippen molar-refractivity contribution in [3.63, 3.8) is 0 Å². The summed E-state index contributed by atoms with van der Waals surface area (Å²) in [5.74, 6) is 0.854. The van der Waals surface area contributed by atoms with Crippen LogP contribution in [0.15, 0.2) is 36.4 Å². The van der Waals surface area contributed by atoms with E-state index in [1.165, 1.54) is 12.1 Å². The van der Waals surface area contributed by atoms with Crippen LogP contribution in [0.4, 0.5) is 5.69 Å². The van der Waals surface area contributed by atoms with Gasteiger partial charge in [-0.2, -0.15) is 0 Å². The number of hydrogen-bond acceptors (Lipinski definition) is 3. The summed E-state index contributed by atoms with van der Waals surface area (Å²) in [6.07, 6.45) is -0.218. The van der Waals surface area contributed by atoms with Gasteiger partial charge in [0, 0.05) is 6.07 Å². The lowest BCUT2D eigenvalue weighted by atomic mass is 10.2. The summed E-state index contributed by atoms with van der Waals surface area (Å²) in [7, 11) is 1.56. The molecule has 1 N–H and O–H groups in total. The zero-order valence-electron chi connectivity index (χ0n) is 13.1. The molecule has 0 aromatic heterocycles. The van der Waals surface area contributed by atoms with Crippen LogP contribution in [0.1, 0.15) is 13.3 Å². The minimum Gasteiger partial charge on any atom is -0.497 e. The van der Waals surface area contributed by atoms with E-state index < -0.39 is 6.10 Å². The number of carbonyl (C=O) groups excluding carboxylic acids is 1. The number of hydrogen-bond donors (Lipinski definition) is 1. The van der Waals surface area contributed by atoms with Gasteiger partial charge in [0.2, 0.25) is 0 Å². The molecule has 4 nitrogen and oxygen atoms in total. The number of nitrogens with one attached hydrogen (secondary N) is 1. The number of anilines is 1. The molecular weight excluding hydrogens is 373 g/mol. The second-order valence-corrected chi connectivity index (χ2v) is 6.15.